The minimum atomic E-state index is -0.899. The van der Waals surface area contributed by atoms with E-state index in [0.29, 0.717) is 16.5 Å². The number of hydrogen-bond acceptors (Lipinski definition) is 5. The first kappa shape index (κ1) is 12.8. The molecule has 0 bridgehead atoms. The maximum absolute atomic E-state index is 12.5. The van der Waals surface area contributed by atoms with Crippen molar-refractivity contribution >= 4 is 22.6 Å². The highest BCUT2D eigenvalue weighted by atomic mass is 16.3. The number of nitrogen functional groups attached to an aromatic ring is 1. The monoisotopic (exact) mass is 273 g/mol. The fraction of sp³-hybridized carbons (Fsp3) is 0.286. The molecule has 20 heavy (non-hydrogen) atoms. The Morgan fingerprint density at radius 3 is 2.60 bits per heavy atom. The van der Waals surface area contributed by atoms with Crippen molar-refractivity contribution in [2.75, 3.05) is 18.8 Å². The molecule has 0 spiro atoms. The van der Waals surface area contributed by atoms with Crippen LogP contribution in [-0.4, -0.2) is 51.3 Å². The van der Waals surface area contributed by atoms with Crippen molar-refractivity contribution in [1.29, 1.82) is 0 Å². The summed E-state index contributed by atoms with van der Waals surface area (Å²) in [7, 11) is 0. The molecule has 6 nitrogen and oxygen atoms in total. The molecule has 0 radical (unpaired) electrons. The lowest BCUT2D eigenvalue weighted by Gasteiger charge is -2.16. The molecule has 1 aliphatic rings. The van der Waals surface area contributed by atoms with E-state index in [1.165, 1.54) is 11.0 Å². The van der Waals surface area contributed by atoms with Crippen molar-refractivity contribution in [2.45, 2.75) is 12.2 Å². The number of aliphatic hydroxyl groups is 2. The minimum Gasteiger partial charge on any atom is -0.388 e. The number of aromatic nitrogens is 1. The summed E-state index contributed by atoms with van der Waals surface area (Å²) in [5, 5.41) is 19.8. The molecule has 2 atom stereocenters. The number of anilines is 1. The van der Waals surface area contributed by atoms with Gasteiger partial charge < -0.3 is 20.8 Å². The quantitative estimate of drug-likeness (QED) is 0.679. The highest BCUT2D eigenvalue weighted by molar-refractivity contribution is 6.07. The molecular formula is C14H15N3O3. The summed E-state index contributed by atoms with van der Waals surface area (Å²) in [6, 6.07) is 8.77. The molecule has 2 heterocycles. The predicted octanol–water partition coefficient (Wildman–Crippen LogP) is -0.00540. The van der Waals surface area contributed by atoms with E-state index in [-0.39, 0.29) is 24.8 Å². The zero-order chi connectivity index (χ0) is 14.3. The van der Waals surface area contributed by atoms with E-state index in [9.17, 15) is 15.0 Å². The van der Waals surface area contributed by atoms with E-state index in [0.717, 1.165) is 0 Å². The number of nitrogens with zero attached hydrogens (tertiary/aromatic N) is 2. The molecule has 3 rings (SSSR count). The zero-order valence-electron chi connectivity index (χ0n) is 10.7. The first-order valence-corrected chi connectivity index (χ1v) is 6.37. The minimum absolute atomic E-state index is 0.122. The van der Waals surface area contributed by atoms with Crippen LogP contribution < -0.4 is 5.73 Å². The van der Waals surface area contributed by atoms with E-state index < -0.39 is 12.2 Å². The van der Waals surface area contributed by atoms with Crippen LogP contribution >= 0.6 is 0 Å². The van der Waals surface area contributed by atoms with Crippen LogP contribution in [-0.2, 0) is 0 Å². The SMILES string of the molecule is Nc1cc(C(=O)N2CC(O)C(O)C2)c2ccccc2n1. The van der Waals surface area contributed by atoms with Gasteiger partial charge in [-0.1, -0.05) is 18.2 Å². The second-order valence-electron chi connectivity index (χ2n) is 4.96. The summed E-state index contributed by atoms with van der Waals surface area (Å²) >= 11 is 0. The molecule has 0 saturated carbocycles. The Labute approximate surface area is 115 Å². The Kier molecular flexibility index (Phi) is 3.04. The molecule has 2 aromatic rings. The molecule has 1 amide bonds. The number of rotatable bonds is 1. The van der Waals surface area contributed by atoms with Crippen molar-refractivity contribution < 1.29 is 15.0 Å². The molecule has 0 aliphatic carbocycles. The van der Waals surface area contributed by atoms with Crippen LogP contribution in [0.3, 0.4) is 0 Å². The lowest BCUT2D eigenvalue weighted by atomic mass is 10.1. The van der Waals surface area contributed by atoms with E-state index >= 15 is 0 Å². The van der Waals surface area contributed by atoms with Crippen LogP contribution in [0.4, 0.5) is 5.82 Å². The molecule has 2 unspecified atom stereocenters. The van der Waals surface area contributed by atoms with Gasteiger partial charge in [-0.05, 0) is 12.1 Å². The van der Waals surface area contributed by atoms with Gasteiger partial charge in [0.2, 0.25) is 0 Å². The lowest BCUT2D eigenvalue weighted by molar-refractivity contribution is 0.0572. The molecule has 1 aliphatic heterocycles. The Balaban J connectivity index is 2.04. The number of nitrogens with two attached hydrogens (primary N) is 1. The first-order chi connectivity index (χ1) is 9.56. The van der Waals surface area contributed by atoms with E-state index in [4.69, 9.17) is 5.73 Å². The Morgan fingerprint density at radius 1 is 1.25 bits per heavy atom. The summed E-state index contributed by atoms with van der Waals surface area (Å²) in [4.78, 5) is 18.1. The van der Waals surface area contributed by atoms with Gasteiger partial charge in [0, 0.05) is 18.5 Å². The molecule has 4 N–H and O–H groups in total. The number of likely N-dealkylation sites (tertiary alicyclic amines) is 1. The standard InChI is InChI=1S/C14H15N3O3/c15-13-5-9(8-3-1-2-4-10(8)16-13)14(20)17-6-11(18)12(19)7-17/h1-5,11-12,18-19H,6-7H2,(H2,15,16). The smallest absolute Gasteiger partial charge is 0.254 e. The molecular weight excluding hydrogens is 258 g/mol. The van der Waals surface area contributed by atoms with Gasteiger partial charge in [0.05, 0.1) is 23.3 Å². The highest BCUT2D eigenvalue weighted by Crippen LogP contribution is 2.22. The number of fused-ring (bicyclic) bond motifs is 1. The summed E-state index contributed by atoms with van der Waals surface area (Å²) in [6.45, 7) is 0.243. The maximum atomic E-state index is 12.5. The Bertz CT molecular complexity index is 664. The predicted molar refractivity (Wildman–Crippen MR) is 74.1 cm³/mol. The third kappa shape index (κ3) is 2.09. The summed E-state index contributed by atoms with van der Waals surface area (Å²) in [6.07, 6.45) is -1.80. The van der Waals surface area contributed by atoms with E-state index in [1.807, 2.05) is 12.1 Å². The fourth-order valence-corrected chi connectivity index (χ4v) is 2.48. The van der Waals surface area contributed by atoms with Crippen molar-refractivity contribution in [3.63, 3.8) is 0 Å². The summed E-state index contributed by atoms with van der Waals surface area (Å²) in [5.41, 5.74) is 6.82. The largest absolute Gasteiger partial charge is 0.388 e. The zero-order valence-corrected chi connectivity index (χ0v) is 10.7. The first-order valence-electron chi connectivity index (χ1n) is 6.37. The average Bonchev–Trinajstić information content (AvgIpc) is 2.77. The molecule has 1 saturated heterocycles. The number of amides is 1. The summed E-state index contributed by atoms with van der Waals surface area (Å²) in [5.74, 6) is 0.0123. The molecule has 1 aromatic carbocycles. The van der Waals surface area contributed by atoms with Gasteiger partial charge in [-0.25, -0.2) is 4.98 Å². The van der Waals surface area contributed by atoms with Gasteiger partial charge in [0.15, 0.2) is 0 Å². The summed E-state index contributed by atoms with van der Waals surface area (Å²) < 4.78 is 0. The number of benzene rings is 1. The number of para-hydroxylation sites is 1. The third-order valence-electron chi connectivity index (χ3n) is 3.51. The van der Waals surface area contributed by atoms with Gasteiger partial charge >= 0.3 is 0 Å². The normalized spacial score (nSPS) is 22.4. The number of β-amino-alcohol motifs (C(OH)–C–C–N with tert-alkyl or cyclic N) is 2. The van der Waals surface area contributed by atoms with Crippen LogP contribution in [0.2, 0.25) is 0 Å². The third-order valence-corrected chi connectivity index (χ3v) is 3.51. The van der Waals surface area contributed by atoms with Crippen LogP contribution in [0.5, 0.6) is 0 Å². The fourth-order valence-electron chi connectivity index (χ4n) is 2.48. The number of carbonyl (C=O) groups excluding carboxylic acids is 1. The van der Waals surface area contributed by atoms with Crippen molar-refractivity contribution in [3.05, 3.63) is 35.9 Å². The molecule has 1 fully saturated rings. The highest BCUT2D eigenvalue weighted by Gasteiger charge is 2.33. The lowest BCUT2D eigenvalue weighted by Crippen LogP contribution is -2.30. The molecule has 104 valence electrons. The topological polar surface area (TPSA) is 99.7 Å². The van der Waals surface area contributed by atoms with E-state index in [2.05, 4.69) is 4.98 Å². The maximum Gasteiger partial charge on any atom is 0.254 e. The number of aliphatic hydroxyl groups excluding tert-OH is 2. The average molecular weight is 273 g/mol. The van der Waals surface area contributed by atoms with Crippen molar-refractivity contribution in [1.82, 2.24) is 9.88 Å². The van der Waals surface area contributed by atoms with Gasteiger partial charge in [-0.2, -0.15) is 0 Å². The Morgan fingerprint density at radius 2 is 1.90 bits per heavy atom. The van der Waals surface area contributed by atoms with Gasteiger partial charge in [-0.15, -0.1) is 0 Å². The Hall–Kier alpha value is -2.18. The van der Waals surface area contributed by atoms with Crippen LogP contribution in [0.1, 0.15) is 10.4 Å². The molecule has 1 aromatic heterocycles. The van der Waals surface area contributed by atoms with Gasteiger partial charge in [0.1, 0.15) is 5.82 Å². The van der Waals surface area contributed by atoms with Gasteiger partial charge in [0.25, 0.3) is 5.91 Å². The van der Waals surface area contributed by atoms with Crippen LogP contribution in [0.15, 0.2) is 30.3 Å². The number of hydrogen-bond donors (Lipinski definition) is 3. The second-order valence-corrected chi connectivity index (χ2v) is 4.96. The molecule has 6 heteroatoms. The van der Waals surface area contributed by atoms with Crippen LogP contribution in [0.25, 0.3) is 10.9 Å². The van der Waals surface area contributed by atoms with Crippen LogP contribution in [0, 0.1) is 0 Å². The van der Waals surface area contributed by atoms with Crippen molar-refractivity contribution in [2.24, 2.45) is 0 Å². The van der Waals surface area contributed by atoms with Gasteiger partial charge in [-0.3, -0.25) is 4.79 Å². The van der Waals surface area contributed by atoms with E-state index in [1.54, 1.807) is 12.1 Å². The van der Waals surface area contributed by atoms with Crippen molar-refractivity contribution in [3.8, 4) is 0 Å². The number of carbonyl (C=O) groups is 1. The second kappa shape index (κ2) is 4.73. The number of pyridine rings is 1.